The van der Waals surface area contributed by atoms with Gasteiger partial charge in [0.15, 0.2) is 11.5 Å². The predicted octanol–water partition coefficient (Wildman–Crippen LogP) is 6.79. The average molecular weight is 575 g/mol. The fourth-order valence-corrected chi connectivity index (χ4v) is 4.69. The standard InChI is InChI=1S/C27H21Cl2FN2O5S/c1-2-36-23-11-16(7-10-22(23)37-15-17-5-3-4-6-19(17)28)12-24-26(34)32(27(35)38-24)14-25(33)31-18-8-9-21(30)20(29)13-18/h3-13H,2,14-15H2,1H3,(H,31,33)/b24-12+. The first-order chi connectivity index (χ1) is 18.2. The van der Waals surface area contributed by atoms with Gasteiger partial charge in [0, 0.05) is 16.3 Å². The molecule has 38 heavy (non-hydrogen) atoms. The van der Waals surface area contributed by atoms with Crippen molar-refractivity contribution in [2.45, 2.75) is 13.5 Å². The highest BCUT2D eigenvalue weighted by Gasteiger charge is 2.36. The molecule has 1 aliphatic heterocycles. The van der Waals surface area contributed by atoms with E-state index in [9.17, 15) is 18.8 Å². The summed E-state index contributed by atoms with van der Waals surface area (Å²) in [6.07, 6.45) is 1.54. The number of rotatable bonds is 9. The van der Waals surface area contributed by atoms with Gasteiger partial charge in [0.05, 0.1) is 16.5 Å². The number of nitrogens with one attached hydrogen (secondary N) is 1. The first-order valence-corrected chi connectivity index (χ1v) is 13.0. The van der Waals surface area contributed by atoms with Crippen LogP contribution in [0.1, 0.15) is 18.1 Å². The minimum absolute atomic E-state index is 0.153. The van der Waals surface area contributed by atoms with Gasteiger partial charge in [-0.05, 0) is 66.7 Å². The molecule has 0 unspecified atom stereocenters. The van der Waals surface area contributed by atoms with Crippen molar-refractivity contribution >= 4 is 63.8 Å². The first-order valence-electron chi connectivity index (χ1n) is 11.4. The highest BCUT2D eigenvalue weighted by atomic mass is 35.5. The van der Waals surface area contributed by atoms with Crippen molar-refractivity contribution in [1.82, 2.24) is 4.90 Å². The molecule has 1 N–H and O–H groups in total. The molecule has 7 nitrogen and oxygen atoms in total. The fraction of sp³-hybridized carbons (Fsp3) is 0.148. The van der Waals surface area contributed by atoms with E-state index in [0.29, 0.717) is 28.7 Å². The summed E-state index contributed by atoms with van der Waals surface area (Å²) in [5.74, 6) is -0.910. The number of carbonyl (C=O) groups is 3. The zero-order chi connectivity index (χ0) is 27.2. The number of thioether (sulfide) groups is 1. The van der Waals surface area contributed by atoms with Crippen LogP contribution in [0.3, 0.4) is 0 Å². The SMILES string of the molecule is CCOc1cc(/C=C2/SC(=O)N(CC(=O)Nc3ccc(F)c(Cl)c3)C2=O)ccc1OCc1ccccc1Cl. The van der Waals surface area contributed by atoms with E-state index in [1.807, 2.05) is 25.1 Å². The van der Waals surface area contributed by atoms with Crippen molar-refractivity contribution in [3.05, 3.63) is 92.6 Å². The number of carbonyl (C=O) groups excluding carboxylic acids is 3. The quantitative estimate of drug-likeness (QED) is 0.283. The molecule has 3 aromatic rings. The molecule has 0 spiro atoms. The topological polar surface area (TPSA) is 84.9 Å². The Morgan fingerprint density at radius 3 is 2.55 bits per heavy atom. The molecule has 0 aliphatic carbocycles. The summed E-state index contributed by atoms with van der Waals surface area (Å²) in [5, 5.41) is 2.34. The van der Waals surface area contributed by atoms with Gasteiger partial charge in [-0.25, -0.2) is 4.39 Å². The summed E-state index contributed by atoms with van der Waals surface area (Å²) in [6, 6.07) is 16.1. The summed E-state index contributed by atoms with van der Waals surface area (Å²) in [7, 11) is 0. The largest absolute Gasteiger partial charge is 0.490 e. The van der Waals surface area contributed by atoms with Crippen molar-refractivity contribution < 1.29 is 28.2 Å². The van der Waals surface area contributed by atoms with E-state index in [-0.39, 0.29) is 22.2 Å². The van der Waals surface area contributed by atoms with Gasteiger partial charge in [0.1, 0.15) is 19.0 Å². The Morgan fingerprint density at radius 1 is 1.03 bits per heavy atom. The molecule has 0 atom stereocenters. The minimum atomic E-state index is -0.631. The van der Waals surface area contributed by atoms with Gasteiger partial charge in [-0.1, -0.05) is 47.5 Å². The van der Waals surface area contributed by atoms with Crippen LogP contribution in [0.5, 0.6) is 11.5 Å². The molecule has 0 radical (unpaired) electrons. The highest BCUT2D eigenvalue weighted by Crippen LogP contribution is 2.35. The van der Waals surface area contributed by atoms with Crippen LogP contribution in [0.25, 0.3) is 6.08 Å². The average Bonchev–Trinajstić information content (AvgIpc) is 3.14. The van der Waals surface area contributed by atoms with Crippen molar-refractivity contribution in [2.24, 2.45) is 0 Å². The number of imide groups is 1. The number of hydrogen-bond acceptors (Lipinski definition) is 6. The Balaban J connectivity index is 1.45. The Bertz CT molecular complexity index is 1430. The molecule has 196 valence electrons. The number of nitrogens with zero attached hydrogens (tertiary/aromatic N) is 1. The molecular weight excluding hydrogens is 554 g/mol. The highest BCUT2D eigenvalue weighted by molar-refractivity contribution is 8.18. The summed E-state index contributed by atoms with van der Waals surface area (Å²) >= 11 is 12.7. The molecule has 11 heteroatoms. The Hall–Kier alpha value is -3.53. The summed E-state index contributed by atoms with van der Waals surface area (Å²) < 4.78 is 24.9. The summed E-state index contributed by atoms with van der Waals surface area (Å²) in [4.78, 5) is 38.7. The first kappa shape index (κ1) is 27.5. The third-order valence-corrected chi connectivity index (χ3v) is 6.85. The van der Waals surface area contributed by atoms with E-state index in [1.54, 1.807) is 30.3 Å². The van der Waals surface area contributed by atoms with Gasteiger partial charge in [0.25, 0.3) is 11.1 Å². The lowest BCUT2D eigenvalue weighted by Crippen LogP contribution is -2.36. The van der Waals surface area contributed by atoms with Crippen molar-refractivity contribution in [3.8, 4) is 11.5 Å². The maximum atomic E-state index is 13.3. The number of anilines is 1. The Labute approximate surface area is 232 Å². The molecule has 1 aliphatic rings. The zero-order valence-electron chi connectivity index (χ0n) is 20.0. The van der Waals surface area contributed by atoms with E-state index in [2.05, 4.69) is 5.32 Å². The van der Waals surface area contributed by atoms with E-state index < -0.39 is 29.4 Å². The second-order valence-corrected chi connectivity index (χ2v) is 9.77. The molecule has 1 saturated heterocycles. The monoisotopic (exact) mass is 574 g/mol. The normalized spacial score (nSPS) is 14.2. The van der Waals surface area contributed by atoms with Gasteiger partial charge >= 0.3 is 0 Å². The lowest BCUT2D eigenvalue weighted by atomic mass is 10.1. The van der Waals surface area contributed by atoms with Crippen LogP contribution >= 0.6 is 35.0 Å². The van der Waals surface area contributed by atoms with Crippen LogP contribution in [0.15, 0.2) is 65.6 Å². The lowest BCUT2D eigenvalue weighted by molar-refractivity contribution is -0.127. The van der Waals surface area contributed by atoms with E-state index >= 15 is 0 Å². The van der Waals surface area contributed by atoms with Crippen LogP contribution in [0.4, 0.5) is 14.9 Å². The zero-order valence-corrected chi connectivity index (χ0v) is 22.3. The van der Waals surface area contributed by atoms with Crippen molar-refractivity contribution in [3.63, 3.8) is 0 Å². The fourth-order valence-electron chi connectivity index (χ4n) is 3.48. The van der Waals surface area contributed by atoms with Crippen LogP contribution in [-0.2, 0) is 16.2 Å². The third kappa shape index (κ3) is 6.66. The number of ether oxygens (including phenoxy) is 2. The van der Waals surface area contributed by atoms with Crippen LogP contribution < -0.4 is 14.8 Å². The molecular formula is C27H21Cl2FN2O5S. The molecule has 1 heterocycles. The molecule has 0 saturated carbocycles. The van der Waals surface area contributed by atoms with E-state index in [0.717, 1.165) is 28.3 Å². The third-order valence-electron chi connectivity index (χ3n) is 5.29. The summed E-state index contributed by atoms with van der Waals surface area (Å²) in [5.41, 5.74) is 1.67. The van der Waals surface area contributed by atoms with Gasteiger partial charge < -0.3 is 14.8 Å². The molecule has 0 bridgehead atoms. The Kier molecular flexibility index (Phi) is 8.93. The Morgan fingerprint density at radius 2 is 1.82 bits per heavy atom. The number of amides is 3. The number of halogens is 3. The van der Waals surface area contributed by atoms with Gasteiger partial charge in [-0.3, -0.25) is 19.3 Å². The number of hydrogen-bond donors (Lipinski definition) is 1. The molecule has 4 rings (SSSR count). The molecule has 3 amide bonds. The van der Waals surface area contributed by atoms with Crippen molar-refractivity contribution in [2.75, 3.05) is 18.5 Å². The van der Waals surface area contributed by atoms with Gasteiger partial charge in [-0.2, -0.15) is 0 Å². The lowest BCUT2D eigenvalue weighted by Gasteiger charge is -2.13. The summed E-state index contributed by atoms with van der Waals surface area (Å²) in [6.45, 7) is 1.96. The minimum Gasteiger partial charge on any atom is -0.490 e. The second kappa shape index (κ2) is 12.3. The maximum Gasteiger partial charge on any atom is 0.294 e. The molecule has 3 aromatic carbocycles. The van der Waals surface area contributed by atoms with Crippen LogP contribution in [0.2, 0.25) is 10.0 Å². The molecule has 0 aromatic heterocycles. The van der Waals surface area contributed by atoms with E-state index in [4.69, 9.17) is 32.7 Å². The van der Waals surface area contributed by atoms with Crippen LogP contribution in [0, 0.1) is 5.82 Å². The van der Waals surface area contributed by atoms with Crippen molar-refractivity contribution in [1.29, 1.82) is 0 Å². The second-order valence-electron chi connectivity index (χ2n) is 7.96. The van der Waals surface area contributed by atoms with Gasteiger partial charge in [0.2, 0.25) is 5.91 Å². The molecule has 1 fully saturated rings. The smallest absolute Gasteiger partial charge is 0.294 e. The van der Waals surface area contributed by atoms with Crippen LogP contribution in [-0.4, -0.2) is 35.1 Å². The van der Waals surface area contributed by atoms with E-state index in [1.165, 1.54) is 12.1 Å². The number of benzene rings is 3. The predicted molar refractivity (Wildman–Crippen MR) is 146 cm³/mol. The maximum absolute atomic E-state index is 13.3. The van der Waals surface area contributed by atoms with Gasteiger partial charge in [-0.15, -0.1) is 0 Å².